The molecular formula is C15H16O2. The lowest BCUT2D eigenvalue weighted by molar-refractivity contribution is -0.128. The van der Waals surface area contributed by atoms with E-state index < -0.39 is 5.97 Å². The van der Waals surface area contributed by atoms with Crippen molar-refractivity contribution in [2.75, 3.05) is 0 Å². The summed E-state index contributed by atoms with van der Waals surface area (Å²) in [6.45, 7) is 7.36. The second-order valence-corrected chi connectivity index (χ2v) is 3.10. The second-order valence-electron chi connectivity index (χ2n) is 3.10. The molecule has 0 spiro atoms. The van der Waals surface area contributed by atoms with Gasteiger partial charge in [0.1, 0.15) is 5.75 Å². The van der Waals surface area contributed by atoms with E-state index in [1.165, 1.54) is 0 Å². The Morgan fingerprint density at radius 3 is 2.47 bits per heavy atom. The maximum Gasteiger partial charge on any atom is 0.335 e. The van der Waals surface area contributed by atoms with Gasteiger partial charge >= 0.3 is 5.97 Å². The Labute approximate surface area is 102 Å². The molecule has 88 valence electrons. The molecule has 0 heterocycles. The number of ether oxygens (including phenoxy) is 1. The minimum absolute atomic E-state index is 0.439. The molecule has 0 radical (unpaired) electrons. The summed E-state index contributed by atoms with van der Waals surface area (Å²) >= 11 is 0. The Morgan fingerprint density at radius 1 is 1.12 bits per heavy atom. The summed E-state index contributed by atoms with van der Waals surface area (Å²) in [6, 6.07) is 13.3. The minimum atomic E-state index is -0.439. The van der Waals surface area contributed by atoms with Gasteiger partial charge in [0.2, 0.25) is 0 Å². The van der Waals surface area contributed by atoms with Crippen molar-refractivity contribution in [3.05, 3.63) is 55.1 Å². The summed E-state index contributed by atoms with van der Waals surface area (Å²) < 4.78 is 5.12. The number of benzene rings is 2. The Kier molecular flexibility index (Phi) is 4.95. The van der Waals surface area contributed by atoms with Crippen molar-refractivity contribution in [3.63, 3.8) is 0 Å². The van der Waals surface area contributed by atoms with Crippen LogP contribution in [-0.2, 0) is 4.79 Å². The van der Waals surface area contributed by atoms with E-state index in [4.69, 9.17) is 4.74 Å². The first kappa shape index (κ1) is 13.0. The highest BCUT2D eigenvalue weighted by Gasteiger charge is 2.03. The van der Waals surface area contributed by atoms with Gasteiger partial charge in [-0.3, -0.25) is 0 Å². The SMILES string of the molecule is C=CC(=O)Oc1cccc2ccccc12.CC. The van der Waals surface area contributed by atoms with Gasteiger partial charge in [-0.1, -0.05) is 56.8 Å². The quantitative estimate of drug-likeness (QED) is 0.442. The zero-order chi connectivity index (χ0) is 12.7. The Balaban J connectivity index is 0.000000686. The highest BCUT2D eigenvalue weighted by Crippen LogP contribution is 2.25. The summed E-state index contributed by atoms with van der Waals surface area (Å²) in [5.74, 6) is 0.129. The molecule has 2 rings (SSSR count). The van der Waals surface area contributed by atoms with Crippen molar-refractivity contribution in [2.24, 2.45) is 0 Å². The van der Waals surface area contributed by atoms with Gasteiger partial charge in [-0.05, 0) is 11.5 Å². The van der Waals surface area contributed by atoms with Crippen LogP contribution in [0.3, 0.4) is 0 Å². The van der Waals surface area contributed by atoms with Gasteiger partial charge in [-0.2, -0.15) is 0 Å². The summed E-state index contributed by atoms with van der Waals surface area (Å²) in [5, 5.41) is 1.97. The topological polar surface area (TPSA) is 26.3 Å². The van der Waals surface area contributed by atoms with E-state index in [-0.39, 0.29) is 0 Å². The van der Waals surface area contributed by atoms with E-state index in [1.54, 1.807) is 6.07 Å². The molecule has 2 nitrogen and oxygen atoms in total. The normalized spacial score (nSPS) is 9.06. The number of carbonyl (C=O) groups excluding carboxylic acids is 1. The van der Waals surface area contributed by atoms with E-state index in [1.807, 2.05) is 50.2 Å². The monoisotopic (exact) mass is 228 g/mol. The molecule has 0 aromatic heterocycles. The van der Waals surface area contributed by atoms with Crippen molar-refractivity contribution in [3.8, 4) is 5.75 Å². The maximum atomic E-state index is 11.1. The summed E-state index contributed by atoms with van der Waals surface area (Å²) in [5.41, 5.74) is 0. The fourth-order valence-corrected chi connectivity index (χ4v) is 1.43. The highest BCUT2D eigenvalue weighted by atomic mass is 16.5. The zero-order valence-corrected chi connectivity index (χ0v) is 10.1. The lowest BCUT2D eigenvalue weighted by Crippen LogP contribution is -2.03. The first-order valence-electron chi connectivity index (χ1n) is 5.63. The molecule has 0 saturated carbocycles. The predicted octanol–water partition coefficient (Wildman–Crippen LogP) is 3.96. The Hall–Kier alpha value is -2.09. The van der Waals surface area contributed by atoms with Crippen LogP contribution in [0.15, 0.2) is 55.1 Å². The van der Waals surface area contributed by atoms with E-state index in [9.17, 15) is 4.79 Å². The molecule has 0 fully saturated rings. The number of fused-ring (bicyclic) bond motifs is 1. The van der Waals surface area contributed by atoms with Crippen LogP contribution in [0.2, 0.25) is 0 Å². The van der Waals surface area contributed by atoms with Crippen molar-refractivity contribution in [2.45, 2.75) is 13.8 Å². The van der Waals surface area contributed by atoms with Gasteiger partial charge in [-0.15, -0.1) is 0 Å². The van der Waals surface area contributed by atoms with E-state index in [2.05, 4.69) is 6.58 Å². The first-order chi connectivity index (χ1) is 8.31. The van der Waals surface area contributed by atoms with Gasteiger partial charge in [0, 0.05) is 11.5 Å². The fraction of sp³-hybridized carbons (Fsp3) is 0.133. The molecule has 0 saturated heterocycles. The Morgan fingerprint density at radius 2 is 1.76 bits per heavy atom. The van der Waals surface area contributed by atoms with Gasteiger partial charge in [0.25, 0.3) is 0 Å². The van der Waals surface area contributed by atoms with Crippen molar-refractivity contribution >= 4 is 16.7 Å². The van der Waals surface area contributed by atoms with Gasteiger partial charge in [0.05, 0.1) is 0 Å². The molecule has 17 heavy (non-hydrogen) atoms. The molecule has 0 aliphatic heterocycles. The summed E-state index contributed by atoms with van der Waals surface area (Å²) in [4.78, 5) is 11.1. The largest absolute Gasteiger partial charge is 0.423 e. The molecule has 0 aliphatic carbocycles. The highest BCUT2D eigenvalue weighted by molar-refractivity contribution is 5.92. The smallest absolute Gasteiger partial charge is 0.335 e. The fourth-order valence-electron chi connectivity index (χ4n) is 1.43. The van der Waals surface area contributed by atoms with Gasteiger partial charge in [0.15, 0.2) is 0 Å². The number of rotatable bonds is 2. The zero-order valence-electron chi connectivity index (χ0n) is 10.1. The third kappa shape index (κ3) is 3.18. The standard InChI is InChI=1S/C13H10O2.C2H6/c1-2-13(14)15-12-9-5-7-10-6-3-4-8-11(10)12;1-2/h2-9H,1H2;1-2H3. The number of hydrogen-bond acceptors (Lipinski definition) is 2. The first-order valence-corrected chi connectivity index (χ1v) is 5.63. The van der Waals surface area contributed by atoms with Crippen LogP contribution < -0.4 is 4.74 Å². The predicted molar refractivity (Wildman–Crippen MR) is 71.1 cm³/mol. The molecule has 0 aliphatic rings. The lowest BCUT2D eigenvalue weighted by atomic mass is 10.1. The van der Waals surface area contributed by atoms with E-state index in [0.717, 1.165) is 16.8 Å². The van der Waals surface area contributed by atoms with Crippen LogP contribution in [0.25, 0.3) is 10.8 Å². The van der Waals surface area contributed by atoms with Crippen LogP contribution >= 0.6 is 0 Å². The molecule has 2 heteroatoms. The minimum Gasteiger partial charge on any atom is -0.423 e. The molecule has 2 aromatic carbocycles. The van der Waals surface area contributed by atoms with Crippen LogP contribution in [0.5, 0.6) is 5.75 Å². The third-order valence-corrected chi connectivity index (χ3v) is 2.13. The second kappa shape index (κ2) is 6.48. The summed E-state index contributed by atoms with van der Waals surface area (Å²) in [6.07, 6.45) is 1.15. The molecule has 0 bridgehead atoms. The average Bonchev–Trinajstić information content (AvgIpc) is 2.41. The van der Waals surface area contributed by atoms with Crippen LogP contribution in [-0.4, -0.2) is 5.97 Å². The van der Waals surface area contributed by atoms with Crippen LogP contribution in [0.4, 0.5) is 0 Å². The molecule has 0 atom stereocenters. The lowest BCUT2D eigenvalue weighted by Gasteiger charge is -2.05. The van der Waals surface area contributed by atoms with Crippen LogP contribution in [0, 0.1) is 0 Å². The molecule has 0 unspecified atom stereocenters. The summed E-state index contributed by atoms with van der Waals surface area (Å²) in [7, 11) is 0. The number of carbonyl (C=O) groups is 1. The number of esters is 1. The number of hydrogen-bond donors (Lipinski definition) is 0. The van der Waals surface area contributed by atoms with Gasteiger partial charge < -0.3 is 4.74 Å². The van der Waals surface area contributed by atoms with E-state index in [0.29, 0.717) is 5.75 Å². The molecule has 0 N–H and O–H groups in total. The molecule has 0 amide bonds. The third-order valence-electron chi connectivity index (χ3n) is 2.13. The van der Waals surface area contributed by atoms with Crippen molar-refractivity contribution in [1.82, 2.24) is 0 Å². The Bertz CT molecular complexity index is 510. The van der Waals surface area contributed by atoms with Crippen molar-refractivity contribution < 1.29 is 9.53 Å². The maximum absolute atomic E-state index is 11.1. The van der Waals surface area contributed by atoms with Gasteiger partial charge in [-0.25, -0.2) is 4.79 Å². The average molecular weight is 228 g/mol. The molecular weight excluding hydrogens is 212 g/mol. The van der Waals surface area contributed by atoms with Crippen molar-refractivity contribution in [1.29, 1.82) is 0 Å². The van der Waals surface area contributed by atoms with Crippen LogP contribution in [0.1, 0.15) is 13.8 Å². The van der Waals surface area contributed by atoms with E-state index >= 15 is 0 Å². The molecule has 2 aromatic rings.